The van der Waals surface area contributed by atoms with E-state index in [1.54, 1.807) is 23.1 Å². The lowest BCUT2D eigenvalue weighted by Crippen LogP contribution is -2.57. The van der Waals surface area contributed by atoms with E-state index in [0.717, 1.165) is 17.2 Å². The molecule has 2 aromatic rings. The van der Waals surface area contributed by atoms with Crippen LogP contribution in [-0.2, 0) is 9.84 Å². The summed E-state index contributed by atoms with van der Waals surface area (Å²) in [4.78, 5) is 13.9. The largest absolute Gasteiger partial charge is 0.336 e. The van der Waals surface area contributed by atoms with Gasteiger partial charge in [-0.25, -0.2) is 8.42 Å². The third kappa shape index (κ3) is 2.85. The van der Waals surface area contributed by atoms with E-state index in [-0.39, 0.29) is 30.7 Å². The van der Waals surface area contributed by atoms with Gasteiger partial charge in [0.25, 0.3) is 5.91 Å². The molecular formula is C14H17N3O3S2. The van der Waals surface area contributed by atoms with E-state index in [9.17, 15) is 13.2 Å². The Morgan fingerprint density at radius 2 is 2.00 bits per heavy atom. The Morgan fingerprint density at radius 3 is 2.68 bits per heavy atom. The Bertz CT molecular complexity index is 808. The van der Waals surface area contributed by atoms with Crippen molar-refractivity contribution in [1.29, 1.82) is 0 Å². The summed E-state index contributed by atoms with van der Waals surface area (Å²) in [5, 5.41) is -0.427. The molecule has 1 aliphatic rings. The first kappa shape index (κ1) is 15.4. The number of aromatic nitrogens is 2. The minimum atomic E-state index is -3.11. The number of carbonyl (C=O) groups is 1. The number of nitrogens with zero attached hydrogens (tertiary/aromatic N) is 3. The Hall–Kier alpha value is -1.54. The van der Waals surface area contributed by atoms with Gasteiger partial charge in [-0.3, -0.25) is 4.79 Å². The first-order chi connectivity index (χ1) is 10.4. The third-order valence-corrected chi connectivity index (χ3v) is 6.71. The summed E-state index contributed by atoms with van der Waals surface area (Å²) in [6.45, 7) is 4.33. The minimum Gasteiger partial charge on any atom is -0.336 e. The molecule has 1 aromatic heterocycles. The maximum atomic E-state index is 12.4. The molecule has 0 N–H and O–H groups in total. The quantitative estimate of drug-likeness (QED) is 0.845. The highest BCUT2D eigenvalue weighted by atomic mass is 32.2. The predicted molar refractivity (Wildman–Crippen MR) is 85.7 cm³/mol. The summed E-state index contributed by atoms with van der Waals surface area (Å²) >= 11 is 1.11. The molecule has 0 unspecified atom stereocenters. The highest BCUT2D eigenvalue weighted by molar-refractivity contribution is 7.92. The number of benzene rings is 1. The van der Waals surface area contributed by atoms with E-state index >= 15 is 0 Å². The van der Waals surface area contributed by atoms with Gasteiger partial charge in [-0.2, -0.15) is 8.75 Å². The molecule has 6 nitrogen and oxygen atoms in total. The second kappa shape index (κ2) is 5.58. The van der Waals surface area contributed by atoms with E-state index in [1.165, 1.54) is 0 Å². The zero-order valence-electron chi connectivity index (χ0n) is 12.4. The van der Waals surface area contributed by atoms with Crippen LogP contribution in [0.1, 0.15) is 24.2 Å². The van der Waals surface area contributed by atoms with E-state index in [2.05, 4.69) is 8.75 Å². The van der Waals surface area contributed by atoms with Gasteiger partial charge in [0, 0.05) is 18.7 Å². The fraction of sp³-hybridized carbons (Fsp3) is 0.500. The van der Waals surface area contributed by atoms with Crippen molar-refractivity contribution in [3.8, 4) is 0 Å². The van der Waals surface area contributed by atoms with Gasteiger partial charge in [0.2, 0.25) is 0 Å². The fourth-order valence-corrected chi connectivity index (χ4v) is 5.06. The Morgan fingerprint density at radius 1 is 1.32 bits per heavy atom. The van der Waals surface area contributed by atoms with Crippen LogP contribution in [0.5, 0.6) is 0 Å². The maximum Gasteiger partial charge on any atom is 0.254 e. The number of rotatable bonds is 4. The highest BCUT2D eigenvalue weighted by Gasteiger charge is 2.39. The molecule has 1 fully saturated rings. The van der Waals surface area contributed by atoms with Crippen LogP contribution in [0.4, 0.5) is 0 Å². The monoisotopic (exact) mass is 339 g/mol. The third-order valence-electron chi connectivity index (χ3n) is 3.71. The number of amides is 1. The summed E-state index contributed by atoms with van der Waals surface area (Å²) in [5.74, 6) is 0.135. The first-order valence-electron chi connectivity index (χ1n) is 7.10. The lowest BCUT2D eigenvalue weighted by Gasteiger charge is -2.39. The van der Waals surface area contributed by atoms with Crippen molar-refractivity contribution < 1.29 is 13.2 Å². The average molecular weight is 339 g/mol. The van der Waals surface area contributed by atoms with Gasteiger partial charge in [-0.1, -0.05) is 13.8 Å². The molecule has 1 amide bonds. The molecule has 0 spiro atoms. The highest BCUT2D eigenvalue weighted by Crippen LogP contribution is 2.22. The smallest absolute Gasteiger partial charge is 0.254 e. The molecule has 22 heavy (non-hydrogen) atoms. The van der Waals surface area contributed by atoms with Crippen molar-refractivity contribution in [1.82, 2.24) is 13.6 Å². The minimum absolute atomic E-state index is 0.106. The van der Waals surface area contributed by atoms with E-state index in [1.807, 2.05) is 13.8 Å². The van der Waals surface area contributed by atoms with Gasteiger partial charge in [-0.05, 0) is 24.1 Å². The van der Waals surface area contributed by atoms with Crippen molar-refractivity contribution >= 4 is 38.5 Å². The van der Waals surface area contributed by atoms with Gasteiger partial charge < -0.3 is 4.90 Å². The second-order valence-corrected chi connectivity index (χ2v) is 8.88. The second-order valence-electron chi connectivity index (χ2n) is 6.02. The Labute approximate surface area is 133 Å². The number of hydrogen-bond donors (Lipinski definition) is 0. The number of fused-ring (bicyclic) bond motifs is 1. The molecule has 0 bridgehead atoms. The molecule has 1 saturated heterocycles. The molecule has 3 rings (SSSR count). The Kier molecular flexibility index (Phi) is 3.90. The van der Waals surface area contributed by atoms with Crippen molar-refractivity contribution in [2.75, 3.05) is 18.8 Å². The zero-order valence-corrected chi connectivity index (χ0v) is 14.0. The summed E-state index contributed by atoms with van der Waals surface area (Å²) in [6, 6.07) is 5.18. The molecule has 8 heteroatoms. The first-order valence-corrected chi connectivity index (χ1v) is 9.54. The van der Waals surface area contributed by atoms with Crippen molar-refractivity contribution in [2.24, 2.45) is 5.92 Å². The fourth-order valence-electron chi connectivity index (χ4n) is 2.53. The molecule has 118 valence electrons. The van der Waals surface area contributed by atoms with Gasteiger partial charge in [0.1, 0.15) is 11.0 Å². The van der Waals surface area contributed by atoms with E-state index in [0.29, 0.717) is 11.1 Å². The molecule has 0 atom stereocenters. The number of carbonyl (C=O) groups excluding carboxylic acids is 1. The number of hydrogen-bond acceptors (Lipinski definition) is 6. The average Bonchev–Trinajstić information content (AvgIpc) is 2.81. The van der Waals surface area contributed by atoms with Gasteiger partial charge in [0.15, 0.2) is 9.84 Å². The van der Waals surface area contributed by atoms with Crippen LogP contribution >= 0.6 is 11.7 Å². The van der Waals surface area contributed by atoms with Crippen LogP contribution in [0.25, 0.3) is 11.0 Å². The molecule has 0 aliphatic carbocycles. The van der Waals surface area contributed by atoms with Gasteiger partial charge in [-0.15, -0.1) is 0 Å². The van der Waals surface area contributed by atoms with E-state index < -0.39 is 15.1 Å². The van der Waals surface area contributed by atoms with E-state index in [4.69, 9.17) is 0 Å². The van der Waals surface area contributed by atoms with Crippen molar-refractivity contribution in [3.63, 3.8) is 0 Å². The van der Waals surface area contributed by atoms with Crippen LogP contribution in [0.15, 0.2) is 18.2 Å². The molecule has 0 radical (unpaired) electrons. The van der Waals surface area contributed by atoms with Crippen molar-refractivity contribution in [3.05, 3.63) is 23.8 Å². The van der Waals surface area contributed by atoms with Gasteiger partial charge >= 0.3 is 0 Å². The van der Waals surface area contributed by atoms with Crippen LogP contribution in [0, 0.1) is 5.92 Å². The normalized spacial score (nSPS) is 16.2. The van der Waals surface area contributed by atoms with Crippen molar-refractivity contribution in [2.45, 2.75) is 19.1 Å². The molecular weight excluding hydrogens is 322 g/mol. The SMILES string of the molecule is CC(C)CS(=O)(=O)C1CN(C(=O)c2ccc3nsnc3c2)C1. The summed E-state index contributed by atoms with van der Waals surface area (Å²) in [6.07, 6.45) is 0. The maximum absolute atomic E-state index is 12.4. The summed E-state index contributed by atoms with van der Waals surface area (Å²) in [5.41, 5.74) is 1.99. The van der Waals surface area contributed by atoms with Crippen LogP contribution in [0.3, 0.4) is 0 Å². The molecule has 0 saturated carbocycles. The molecule has 2 heterocycles. The lowest BCUT2D eigenvalue weighted by atomic mass is 10.1. The van der Waals surface area contributed by atoms with Crippen LogP contribution < -0.4 is 0 Å². The van der Waals surface area contributed by atoms with Crippen LogP contribution in [-0.4, -0.2) is 52.1 Å². The molecule has 1 aromatic carbocycles. The topological polar surface area (TPSA) is 80.2 Å². The molecule has 1 aliphatic heterocycles. The number of sulfone groups is 1. The lowest BCUT2D eigenvalue weighted by molar-refractivity contribution is 0.0659. The summed E-state index contributed by atoms with van der Waals surface area (Å²) < 4.78 is 32.4. The number of likely N-dealkylation sites (tertiary alicyclic amines) is 1. The Balaban J connectivity index is 1.68. The zero-order chi connectivity index (χ0) is 15.9. The summed E-state index contributed by atoms with van der Waals surface area (Å²) in [7, 11) is -3.11. The predicted octanol–water partition coefficient (Wildman–Crippen LogP) is 1.59. The standard InChI is InChI=1S/C14H17N3O3S2/c1-9(2)8-22(19,20)11-6-17(7-11)14(18)10-3-4-12-13(5-10)16-21-15-12/h3-5,9,11H,6-8H2,1-2H3. The van der Waals surface area contributed by atoms with Gasteiger partial charge in [0.05, 0.1) is 22.7 Å². The van der Waals surface area contributed by atoms with Crippen LogP contribution in [0.2, 0.25) is 0 Å².